The van der Waals surface area contributed by atoms with Crippen LogP contribution >= 0.6 is 11.8 Å². The van der Waals surface area contributed by atoms with Crippen LogP contribution in [-0.4, -0.2) is 42.6 Å². The van der Waals surface area contributed by atoms with Gasteiger partial charge in [0.25, 0.3) is 0 Å². The van der Waals surface area contributed by atoms with E-state index >= 15 is 0 Å². The molecule has 0 aromatic heterocycles. The van der Waals surface area contributed by atoms with E-state index in [0.29, 0.717) is 18.2 Å². The highest BCUT2D eigenvalue weighted by Gasteiger charge is 2.34. The minimum Gasteiger partial charge on any atom is -0.315 e. The largest absolute Gasteiger partial charge is 0.416 e. The molecule has 1 aromatic carbocycles. The van der Waals surface area contributed by atoms with Gasteiger partial charge >= 0.3 is 6.18 Å². The summed E-state index contributed by atoms with van der Waals surface area (Å²) < 4.78 is 39.4. The number of hydrogen-bond acceptors (Lipinski definition) is 3. The molecule has 0 saturated carbocycles. The minimum atomic E-state index is -4.28. The first-order valence-corrected chi connectivity index (χ1v) is 9.00. The lowest BCUT2D eigenvalue weighted by Gasteiger charge is -2.29. The van der Waals surface area contributed by atoms with E-state index in [2.05, 4.69) is 16.5 Å². The van der Waals surface area contributed by atoms with E-state index in [1.54, 1.807) is 23.9 Å². The molecule has 6 heteroatoms. The lowest BCUT2D eigenvalue weighted by Crippen LogP contribution is -2.37. The predicted molar refractivity (Wildman–Crippen MR) is 86.1 cm³/mol. The number of nitrogens with one attached hydrogen (secondary N) is 1. The van der Waals surface area contributed by atoms with Gasteiger partial charge in [-0.15, -0.1) is 0 Å². The molecule has 0 spiro atoms. The van der Waals surface area contributed by atoms with E-state index in [1.807, 2.05) is 0 Å². The molecule has 1 unspecified atom stereocenters. The number of nitrogens with zero attached hydrogens (tertiary/aromatic N) is 1. The van der Waals surface area contributed by atoms with Gasteiger partial charge < -0.3 is 5.32 Å². The average molecular weight is 332 g/mol. The van der Waals surface area contributed by atoms with Crippen LogP contribution in [0.15, 0.2) is 24.3 Å². The molecule has 2 nitrogen and oxygen atoms in total. The molecule has 1 aromatic rings. The maximum atomic E-state index is 13.1. The van der Waals surface area contributed by atoms with Crippen LogP contribution in [0.5, 0.6) is 0 Å². The van der Waals surface area contributed by atoms with Crippen LogP contribution in [0.4, 0.5) is 13.2 Å². The molecule has 22 heavy (non-hydrogen) atoms. The molecule has 0 aliphatic carbocycles. The molecule has 2 rings (SSSR count). The third kappa shape index (κ3) is 4.89. The van der Waals surface area contributed by atoms with Gasteiger partial charge in [-0.1, -0.05) is 18.2 Å². The first-order valence-electron chi connectivity index (χ1n) is 7.61. The maximum absolute atomic E-state index is 13.1. The van der Waals surface area contributed by atoms with Crippen molar-refractivity contribution in [3.05, 3.63) is 35.4 Å². The van der Waals surface area contributed by atoms with Crippen molar-refractivity contribution in [3.63, 3.8) is 0 Å². The van der Waals surface area contributed by atoms with Crippen molar-refractivity contribution < 1.29 is 13.2 Å². The van der Waals surface area contributed by atoms with E-state index in [1.165, 1.54) is 12.1 Å². The molecule has 1 aliphatic rings. The summed E-state index contributed by atoms with van der Waals surface area (Å²) in [6.07, 6.45) is -0.213. The zero-order valence-corrected chi connectivity index (χ0v) is 13.6. The van der Waals surface area contributed by atoms with Gasteiger partial charge in [-0.25, -0.2) is 0 Å². The molecular weight excluding hydrogens is 309 g/mol. The number of hydrogen-bond donors (Lipinski definition) is 1. The Bertz CT molecular complexity index is 459. The number of halogens is 3. The van der Waals surface area contributed by atoms with Gasteiger partial charge in [-0.3, -0.25) is 4.90 Å². The molecule has 0 bridgehead atoms. The number of alkyl halides is 3. The Balaban J connectivity index is 2.12. The van der Waals surface area contributed by atoms with Crippen LogP contribution in [0.1, 0.15) is 24.0 Å². The predicted octanol–water partition coefficient (Wildman–Crippen LogP) is 3.62. The molecule has 1 atom stereocenters. The Morgan fingerprint density at radius 3 is 2.73 bits per heavy atom. The third-order valence-corrected chi connectivity index (χ3v) is 4.74. The highest BCUT2D eigenvalue weighted by Crippen LogP contribution is 2.32. The van der Waals surface area contributed by atoms with Crippen molar-refractivity contribution in [3.8, 4) is 0 Å². The Morgan fingerprint density at radius 2 is 2.09 bits per heavy atom. The molecule has 0 amide bonds. The van der Waals surface area contributed by atoms with E-state index < -0.39 is 11.7 Å². The van der Waals surface area contributed by atoms with Crippen molar-refractivity contribution in [2.75, 3.05) is 31.6 Å². The van der Waals surface area contributed by atoms with Gasteiger partial charge in [0.05, 0.1) is 5.56 Å². The Labute approximate surface area is 134 Å². The minimum absolute atomic E-state index is 0.336. The summed E-state index contributed by atoms with van der Waals surface area (Å²) in [7, 11) is 0. The summed E-state index contributed by atoms with van der Waals surface area (Å²) in [6, 6.07) is 6.27. The quantitative estimate of drug-likeness (QED) is 0.768. The normalized spacial score (nSPS) is 19.0. The number of thioether (sulfide) groups is 1. The van der Waals surface area contributed by atoms with Gasteiger partial charge in [-0.2, -0.15) is 24.9 Å². The molecule has 1 saturated heterocycles. The van der Waals surface area contributed by atoms with E-state index in [0.717, 1.165) is 38.2 Å². The molecule has 1 fully saturated rings. The lowest BCUT2D eigenvalue weighted by atomic mass is 10.1. The van der Waals surface area contributed by atoms with Gasteiger partial charge in [-0.05, 0) is 49.6 Å². The monoisotopic (exact) mass is 332 g/mol. The van der Waals surface area contributed by atoms with E-state index in [4.69, 9.17) is 0 Å². The molecule has 124 valence electrons. The van der Waals surface area contributed by atoms with E-state index in [-0.39, 0.29) is 0 Å². The summed E-state index contributed by atoms with van der Waals surface area (Å²) in [5.41, 5.74) is -0.123. The summed E-state index contributed by atoms with van der Waals surface area (Å²) in [5, 5.41) is 3.30. The van der Waals surface area contributed by atoms with Crippen LogP contribution in [0.3, 0.4) is 0 Å². The lowest BCUT2D eigenvalue weighted by molar-refractivity contribution is -0.138. The van der Waals surface area contributed by atoms with Crippen molar-refractivity contribution in [1.82, 2.24) is 10.2 Å². The van der Waals surface area contributed by atoms with Crippen LogP contribution in [0, 0.1) is 0 Å². The second-order valence-corrected chi connectivity index (χ2v) is 6.60. The fraction of sp³-hybridized carbons (Fsp3) is 0.625. The van der Waals surface area contributed by atoms with Gasteiger partial charge in [0.2, 0.25) is 0 Å². The molecule has 1 aliphatic heterocycles. The second kappa shape index (κ2) is 8.22. The molecule has 1 N–H and O–H groups in total. The number of benzene rings is 1. The molecular formula is C16H23F3N2S. The molecule has 1 heterocycles. The Kier molecular flexibility index (Phi) is 6.59. The van der Waals surface area contributed by atoms with Crippen molar-refractivity contribution >= 4 is 11.8 Å². The van der Waals surface area contributed by atoms with E-state index in [9.17, 15) is 13.2 Å². The zero-order valence-electron chi connectivity index (χ0n) is 12.8. The van der Waals surface area contributed by atoms with Crippen molar-refractivity contribution in [2.45, 2.75) is 31.6 Å². The fourth-order valence-corrected chi connectivity index (χ4v) is 3.33. The SMILES string of the molecule is CSCCCN(Cc1ccccc1C(F)(F)F)C1CCNC1. The maximum Gasteiger partial charge on any atom is 0.416 e. The second-order valence-electron chi connectivity index (χ2n) is 5.62. The average Bonchev–Trinajstić information content (AvgIpc) is 3.00. The number of rotatable bonds is 7. The summed E-state index contributed by atoms with van der Waals surface area (Å²) in [6.45, 7) is 3.04. The standard InChI is InChI=1S/C16H23F3N2S/c1-22-10-4-9-21(14-7-8-20-11-14)12-13-5-2-3-6-15(13)16(17,18)19/h2-3,5-6,14,20H,4,7-12H2,1H3. The third-order valence-electron chi connectivity index (χ3n) is 4.04. The Hall–Kier alpha value is -0.720. The smallest absolute Gasteiger partial charge is 0.315 e. The van der Waals surface area contributed by atoms with Gasteiger partial charge in [0.1, 0.15) is 0 Å². The summed E-state index contributed by atoms with van der Waals surface area (Å²) in [5.74, 6) is 1.04. The zero-order chi connectivity index (χ0) is 16.0. The van der Waals surface area contributed by atoms with Gasteiger partial charge in [0, 0.05) is 19.1 Å². The van der Waals surface area contributed by atoms with Crippen molar-refractivity contribution in [2.24, 2.45) is 0 Å². The Morgan fingerprint density at radius 1 is 1.32 bits per heavy atom. The van der Waals surface area contributed by atoms with Gasteiger partial charge in [0.15, 0.2) is 0 Å². The van der Waals surface area contributed by atoms with Crippen LogP contribution in [0.2, 0.25) is 0 Å². The van der Waals surface area contributed by atoms with Crippen LogP contribution < -0.4 is 5.32 Å². The van der Waals surface area contributed by atoms with Crippen LogP contribution in [-0.2, 0) is 12.7 Å². The highest BCUT2D eigenvalue weighted by atomic mass is 32.2. The van der Waals surface area contributed by atoms with Crippen molar-refractivity contribution in [1.29, 1.82) is 0 Å². The van der Waals surface area contributed by atoms with Crippen LogP contribution in [0.25, 0.3) is 0 Å². The topological polar surface area (TPSA) is 15.3 Å². The first-order chi connectivity index (χ1) is 10.5. The summed E-state index contributed by atoms with van der Waals surface area (Å²) >= 11 is 1.78. The fourth-order valence-electron chi connectivity index (χ4n) is 2.91. The summed E-state index contributed by atoms with van der Waals surface area (Å²) in [4.78, 5) is 2.21. The highest BCUT2D eigenvalue weighted by molar-refractivity contribution is 7.98. The molecule has 0 radical (unpaired) electrons. The first kappa shape index (κ1) is 17.6.